The molecule has 0 atom stereocenters. The normalized spacial score (nSPS) is 15.4. The van der Waals surface area contributed by atoms with E-state index in [1.165, 1.54) is 24.1 Å². The van der Waals surface area contributed by atoms with E-state index in [2.05, 4.69) is 36.2 Å². The molecule has 0 unspecified atom stereocenters. The monoisotopic (exact) mass is 173 g/mol. The van der Waals surface area contributed by atoms with Gasteiger partial charge in [0.1, 0.15) is 0 Å². The second kappa shape index (κ2) is 3.65. The van der Waals surface area contributed by atoms with E-state index >= 15 is 0 Å². The van der Waals surface area contributed by atoms with Crippen LogP contribution in [0.5, 0.6) is 0 Å². The van der Waals surface area contributed by atoms with Gasteiger partial charge >= 0.3 is 0 Å². The zero-order valence-corrected chi connectivity index (χ0v) is 7.79. The van der Waals surface area contributed by atoms with Crippen LogP contribution in [0.4, 0.5) is 5.69 Å². The van der Waals surface area contributed by atoms with Gasteiger partial charge in [-0.25, -0.2) is 0 Å². The van der Waals surface area contributed by atoms with Crippen LogP contribution < -0.4 is 5.32 Å². The maximum Gasteiger partial charge on any atom is 0.0378 e. The Morgan fingerprint density at radius 3 is 2.85 bits per heavy atom. The van der Waals surface area contributed by atoms with Gasteiger partial charge in [-0.05, 0) is 30.9 Å². The molecule has 0 amide bonds. The van der Waals surface area contributed by atoms with Crippen LogP contribution in [0.15, 0.2) is 36.9 Å². The maximum atomic E-state index is 3.76. The third-order valence-electron chi connectivity index (χ3n) is 2.32. The summed E-state index contributed by atoms with van der Waals surface area (Å²) in [5, 5.41) is 3.52. The Bertz CT molecular complexity index is 300. The smallest absolute Gasteiger partial charge is 0.0378 e. The number of hydrogen-bond donors (Lipinski definition) is 1. The quantitative estimate of drug-likeness (QED) is 0.690. The van der Waals surface area contributed by atoms with E-state index in [1.807, 2.05) is 6.08 Å². The van der Waals surface area contributed by atoms with Crippen LogP contribution >= 0.6 is 0 Å². The average molecular weight is 173 g/mol. The zero-order chi connectivity index (χ0) is 9.10. The standard InChI is InChI=1S/C12H15N/c1-2-5-10-6-3-4-7-12(10)13-11-8-9-11/h2-4,6-7,11,13H,1,5,8-9H2. The molecular weight excluding hydrogens is 158 g/mol. The van der Waals surface area contributed by atoms with E-state index in [-0.39, 0.29) is 0 Å². The summed E-state index contributed by atoms with van der Waals surface area (Å²) >= 11 is 0. The van der Waals surface area contributed by atoms with Crippen LogP contribution in [0.3, 0.4) is 0 Å². The van der Waals surface area contributed by atoms with Gasteiger partial charge in [0, 0.05) is 11.7 Å². The van der Waals surface area contributed by atoms with Gasteiger partial charge in [0.2, 0.25) is 0 Å². The van der Waals surface area contributed by atoms with Crippen molar-refractivity contribution in [3.8, 4) is 0 Å². The Morgan fingerprint density at radius 2 is 2.15 bits per heavy atom. The van der Waals surface area contributed by atoms with Gasteiger partial charge in [-0.2, -0.15) is 0 Å². The minimum atomic E-state index is 0.728. The molecule has 1 aliphatic rings. The zero-order valence-electron chi connectivity index (χ0n) is 7.79. The second-order valence-corrected chi connectivity index (χ2v) is 3.57. The molecule has 1 aliphatic carbocycles. The van der Waals surface area contributed by atoms with Crippen LogP contribution in [0.1, 0.15) is 18.4 Å². The summed E-state index contributed by atoms with van der Waals surface area (Å²) in [4.78, 5) is 0. The van der Waals surface area contributed by atoms with Crippen molar-refractivity contribution in [2.24, 2.45) is 0 Å². The predicted molar refractivity (Wildman–Crippen MR) is 57.0 cm³/mol. The number of rotatable bonds is 4. The Labute approximate surface area is 79.5 Å². The average Bonchev–Trinajstić information content (AvgIpc) is 2.93. The molecule has 0 saturated heterocycles. The van der Waals surface area contributed by atoms with Crippen LogP contribution in [0, 0.1) is 0 Å². The van der Waals surface area contributed by atoms with E-state index in [1.54, 1.807) is 0 Å². The molecule has 0 aromatic heterocycles. The molecule has 0 aliphatic heterocycles. The van der Waals surface area contributed by atoms with Gasteiger partial charge in [-0.15, -0.1) is 6.58 Å². The largest absolute Gasteiger partial charge is 0.382 e. The third-order valence-corrected chi connectivity index (χ3v) is 2.32. The fourth-order valence-electron chi connectivity index (χ4n) is 1.44. The van der Waals surface area contributed by atoms with Crippen LogP contribution in [-0.4, -0.2) is 6.04 Å². The number of para-hydroxylation sites is 1. The maximum absolute atomic E-state index is 3.76. The molecule has 1 aromatic carbocycles. The van der Waals surface area contributed by atoms with Gasteiger partial charge in [0.15, 0.2) is 0 Å². The summed E-state index contributed by atoms with van der Waals surface area (Å²) in [6.45, 7) is 3.76. The SMILES string of the molecule is C=CCc1ccccc1NC1CC1. The van der Waals surface area contributed by atoms with Crippen molar-refractivity contribution in [1.29, 1.82) is 0 Å². The lowest BCUT2D eigenvalue weighted by molar-refractivity contribution is 1.13. The minimum Gasteiger partial charge on any atom is -0.382 e. The molecule has 1 saturated carbocycles. The summed E-state index contributed by atoms with van der Waals surface area (Å²) in [6, 6.07) is 9.20. The number of hydrogen-bond acceptors (Lipinski definition) is 1. The van der Waals surface area contributed by atoms with Crippen molar-refractivity contribution in [3.05, 3.63) is 42.5 Å². The molecule has 1 heteroatoms. The molecule has 0 radical (unpaired) electrons. The summed E-state index contributed by atoms with van der Waals surface area (Å²) < 4.78 is 0. The van der Waals surface area contributed by atoms with E-state index in [0.717, 1.165) is 12.5 Å². The molecule has 1 N–H and O–H groups in total. The van der Waals surface area contributed by atoms with Crippen molar-refractivity contribution < 1.29 is 0 Å². The predicted octanol–water partition coefficient (Wildman–Crippen LogP) is 2.99. The van der Waals surface area contributed by atoms with Gasteiger partial charge in [0.05, 0.1) is 0 Å². The van der Waals surface area contributed by atoms with E-state index in [0.29, 0.717) is 0 Å². The molecule has 1 nitrogen and oxygen atoms in total. The van der Waals surface area contributed by atoms with Crippen molar-refractivity contribution in [1.82, 2.24) is 0 Å². The lowest BCUT2D eigenvalue weighted by Gasteiger charge is -2.09. The Morgan fingerprint density at radius 1 is 1.38 bits per heavy atom. The summed E-state index contributed by atoms with van der Waals surface area (Å²) in [5.74, 6) is 0. The molecule has 0 heterocycles. The topological polar surface area (TPSA) is 12.0 Å². The van der Waals surface area contributed by atoms with Crippen molar-refractivity contribution in [2.75, 3.05) is 5.32 Å². The first-order valence-corrected chi connectivity index (χ1v) is 4.85. The van der Waals surface area contributed by atoms with E-state index in [4.69, 9.17) is 0 Å². The highest BCUT2D eigenvalue weighted by Gasteiger charge is 2.21. The summed E-state index contributed by atoms with van der Waals surface area (Å²) in [6.07, 6.45) is 5.55. The number of allylic oxidation sites excluding steroid dienone is 1. The second-order valence-electron chi connectivity index (χ2n) is 3.57. The first-order valence-electron chi connectivity index (χ1n) is 4.85. The lowest BCUT2D eigenvalue weighted by atomic mass is 10.1. The van der Waals surface area contributed by atoms with Gasteiger partial charge in [-0.1, -0.05) is 24.3 Å². The highest BCUT2D eigenvalue weighted by atomic mass is 15.0. The van der Waals surface area contributed by atoms with Crippen LogP contribution in [-0.2, 0) is 6.42 Å². The van der Waals surface area contributed by atoms with Crippen LogP contribution in [0.25, 0.3) is 0 Å². The van der Waals surface area contributed by atoms with Crippen molar-refractivity contribution in [2.45, 2.75) is 25.3 Å². The fourth-order valence-corrected chi connectivity index (χ4v) is 1.44. The Hall–Kier alpha value is -1.24. The van der Waals surface area contributed by atoms with Crippen LogP contribution in [0.2, 0.25) is 0 Å². The first kappa shape index (κ1) is 8.36. The number of nitrogens with one attached hydrogen (secondary N) is 1. The summed E-state index contributed by atoms with van der Waals surface area (Å²) in [7, 11) is 0. The molecule has 1 aromatic rings. The summed E-state index contributed by atoms with van der Waals surface area (Å²) in [5.41, 5.74) is 2.63. The van der Waals surface area contributed by atoms with Crippen molar-refractivity contribution in [3.63, 3.8) is 0 Å². The van der Waals surface area contributed by atoms with Crippen molar-refractivity contribution >= 4 is 5.69 Å². The Kier molecular flexibility index (Phi) is 2.35. The van der Waals surface area contributed by atoms with Gasteiger partial charge < -0.3 is 5.32 Å². The molecule has 0 bridgehead atoms. The lowest BCUT2D eigenvalue weighted by Crippen LogP contribution is -2.03. The number of anilines is 1. The highest BCUT2D eigenvalue weighted by Crippen LogP contribution is 2.26. The highest BCUT2D eigenvalue weighted by molar-refractivity contribution is 5.53. The number of benzene rings is 1. The molecular formula is C12H15N. The minimum absolute atomic E-state index is 0.728. The molecule has 2 rings (SSSR count). The fraction of sp³-hybridized carbons (Fsp3) is 0.333. The Balaban J connectivity index is 2.14. The van der Waals surface area contributed by atoms with E-state index < -0.39 is 0 Å². The molecule has 68 valence electrons. The van der Waals surface area contributed by atoms with Gasteiger partial charge in [0.25, 0.3) is 0 Å². The molecule has 0 spiro atoms. The third kappa shape index (κ3) is 2.11. The van der Waals surface area contributed by atoms with E-state index in [9.17, 15) is 0 Å². The molecule has 13 heavy (non-hydrogen) atoms. The first-order chi connectivity index (χ1) is 6.40. The molecule has 1 fully saturated rings. The van der Waals surface area contributed by atoms with Gasteiger partial charge in [-0.3, -0.25) is 0 Å².